The van der Waals surface area contributed by atoms with E-state index in [1.165, 1.54) is 49.3 Å². The van der Waals surface area contributed by atoms with Crippen LogP contribution in [0, 0.1) is 0 Å². The van der Waals surface area contributed by atoms with E-state index in [1.807, 2.05) is 12.1 Å². The van der Waals surface area contributed by atoms with Crippen molar-refractivity contribution in [2.75, 3.05) is 4.90 Å². The van der Waals surface area contributed by atoms with E-state index in [9.17, 15) is 0 Å². The summed E-state index contributed by atoms with van der Waals surface area (Å²) in [5.74, 6) is 0. The second-order valence-corrected chi connectivity index (χ2v) is 17.2. The van der Waals surface area contributed by atoms with Crippen LogP contribution in [0.4, 0.5) is 17.1 Å². The molecular weight excluding hydrogens is 813 g/mol. The SMILES string of the molecule is c1cc(-c2cccc3c2oc2ccccc23)cc(N(c2ccc(-c3ccccc3-c3ccccc3-n3c4ccccc4c4ccccc43)cc2)c2ccccc2-c2ccc3ccccc3c2)c1. The van der Waals surface area contributed by atoms with Crippen molar-refractivity contribution in [1.82, 2.24) is 4.57 Å². The Labute approximate surface area is 388 Å². The molecule has 0 unspecified atom stereocenters. The molecule has 0 spiro atoms. The Hall–Kier alpha value is -8.92. The first-order chi connectivity index (χ1) is 33.2. The molecule has 0 saturated carbocycles. The normalized spacial score (nSPS) is 11.6. The molecule has 3 heteroatoms. The summed E-state index contributed by atoms with van der Waals surface area (Å²) >= 11 is 0. The Kier molecular flexibility index (Phi) is 9.17. The van der Waals surface area contributed by atoms with Crippen LogP contribution in [0.3, 0.4) is 0 Å². The lowest BCUT2D eigenvalue weighted by Gasteiger charge is -2.28. The molecule has 0 amide bonds. The average molecular weight is 855 g/mol. The third-order valence-electron chi connectivity index (χ3n) is 13.4. The van der Waals surface area contributed by atoms with Crippen LogP contribution >= 0.6 is 0 Å². The monoisotopic (exact) mass is 854 g/mol. The Morgan fingerprint density at radius 2 is 0.881 bits per heavy atom. The number of hydrogen-bond donors (Lipinski definition) is 0. The summed E-state index contributed by atoms with van der Waals surface area (Å²) in [4.78, 5) is 2.40. The standard InChI is InChI=1S/C64H42N2O/c1-2-18-45-41-47(36-35-43(45)17-1)51-22-5-10-30-59(51)65(49-20-15-19-46(42-49)52-28-16-29-58-57-27-9-14-34-63(57)67-64(52)58)48-39-37-44(38-40-48)50-21-3-4-23-53(50)54-24-6-11-31-60(54)66-61-32-12-7-25-55(61)56-26-8-13-33-62(56)66/h1-42H. The second kappa shape index (κ2) is 16.0. The van der Waals surface area contributed by atoms with Crippen LogP contribution in [0.1, 0.15) is 0 Å². The van der Waals surface area contributed by atoms with Gasteiger partial charge >= 0.3 is 0 Å². The number of fused-ring (bicyclic) bond motifs is 7. The van der Waals surface area contributed by atoms with E-state index in [-0.39, 0.29) is 0 Å². The highest BCUT2D eigenvalue weighted by molar-refractivity contribution is 6.11. The minimum atomic E-state index is 0.893. The maximum Gasteiger partial charge on any atom is 0.143 e. The molecule has 0 N–H and O–H groups in total. The number of nitrogens with zero attached hydrogens (tertiary/aromatic N) is 2. The van der Waals surface area contributed by atoms with Gasteiger partial charge < -0.3 is 13.9 Å². The van der Waals surface area contributed by atoms with Gasteiger partial charge in [-0.2, -0.15) is 0 Å². The molecule has 13 aromatic rings. The zero-order valence-electron chi connectivity index (χ0n) is 36.6. The van der Waals surface area contributed by atoms with Crippen molar-refractivity contribution in [2.24, 2.45) is 0 Å². The van der Waals surface area contributed by atoms with Crippen molar-refractivity contribution < 1.29 is 4.42 Å². The number of furan rings is 1. The molecule has 67 heavy (non-hydrogen) atoms. The molecule has 0 saturated heterocycles. The highest BCUT2D eigenvalue weighted by Crippen LogP contribution is 2.45. The predicted molar refractivity (Wildman–Crippen MR) is 282 cm³/mol. The molecule has 2 aromatic heterocycles. The summed E-state index contributed by atoms with van der Waals surface area (Å²) in [6, 6.07) is 91.9. The van der Waals surface area contributed by atoms with Gasteiger partial charge in [-0.05, 0) is 99.3 Å². The lowest BCUT2D eigenvalue weighted by Crippen LogP contribution is -2.11. The Morgan fingerprint density at radius 3 is 1.69 bits per heavy atom. The number of aromatic nitrogens is 1. The van der Waals surface area contributed by atoms with Crippen LogP contribution in [0.25, 0.3) is 105 Å². The highest BCUT2D eigenvalue weighted by Gasteiger charge is 2.21. The van der Waals surface area contributed by atoms with Crippen molar-refractivity contribution in [2.45, 2.75) is 0 Å². The molecule has 0 fully saturated rings. The van der Waals surface area contributed by atoms with Crippen molar-refractivity contribution in [3.8, 4) is 50.2 Å². The van der Waals surface area contributed by atoms with E-state index >= 15 is 0 Å². The fourth-order valence-corrected chi connectivity index (χ4v) is 10.3. The van der Waals surface area contributed by atoms with E-state index in [0.717, 1.165) is 72.5 Å². The molecule has 0 atom stereocenters. The summed E-state index contributed by atoms with van der Waals surface area (Å²) in [5, 5.41) is 7.18. The van der Waals surface area contributed by atoms with Crippen LogP contribution in [0.2, 0.25) is 0 Å². The molecular formula is C64H42N2O. The lowest BCUT2D eigenvalue weighted by molar-refractivity contribution is 0.670. The summed E-state index contributed by atoms with van der Waals surface area (Å²) in [6.07, 6.45) is 0. The summed E-state index contributed by atoms with van der Waals surface area (Å²) < 4.78 is 8.99. The average Bonchev–Trinajstić information content (AvgIpc) is 3.95. The fraction of sp³-hybridized carbons (Fsp3) is 0. The minimum absolute atomic E-state index is 0.893. The number of benzene rings is 11. The van der Waals surface area contributed by atoms with Gasteiger partial charge in [0.1, 0.15) is 11.2 Å². The van der Waals surface area contributed by atoms with Crippen LogP contribution in [0.5, 0.6) is 0 Å². The largest absolute Gasteiger partial charge is 0.455 e. The number of anilines is 3. The van der Waals surface area contributed by atoms with Gasteiger partial charge in [0.25, 0.3) is 0 Å². The molecule has 11 aromatic carbocycles. The Balaban J connectivity index is 0.959. The van der Waals surface area contributed by atoms with E-state index in [1.54, 1.807) is 0 Å². The van der Waals surface area contributed by atoms with Gasteiger partial charge in [0.05, 0.1) is 22.4 Å². The van der Waals surface area contributed by atoms with Crippen molar-refractivity contribution in [3.63, 3.8) is 0 Å². The first kappa shape index (κ1) is 38.5. The molecule has 0 radical (unpaired) electrons. The van der Waals surface area contributed by atoms with Crippen molar-refractivity contribution in [3.05, 3.63) is 255 Å². The number of hydrogen-bond acceptors (Lipinski definition) is 2. The maximum atomic E-state index is 6.57. The van der Waals surface area contributed by atoms with Gasteiger partial charge in [0, 0.05) is 49.6 Å². The van der Waals surface area contributed by atoms with Crippen LogP contribution in [-0.2, 0) is 0 Å². The molecule has 0 aliphatic carbocycles. The topological polar surface area (TPSA) is 21.3 Å². The van der Waals surface area contributed by atoms with Gasteiger partial charge in [0.15, 0.2) is 0 Å². The van der Waals surface area contributed by atoms with Gasteiger partial charge in [-0.3, -0.25) is 0 Å². The Morgan fingerprint density at radius 1 is 0.313 bits per heavy atom. The third-order valence-corrected chi connectivity index (χ3v) is 13.4. The minimum Gasteiger partial charge on any atom is -0.455 e. The van der Waals surface area contributed by atoms with Gasteiger partial charge in [-0.1, -0.05) is 194 Å². The predicted octanol–water partition coefficient (Wildman–Crippen LogP) is 18.0. The molecule has 3 nitrogen and oxygen atoms in total. The van der Waals surface area contributed by atoms with Crippen molar-refractivity contribution >= 4 is 71.6 Å². The smallest absolute Gasteiger partial charge is 0.143 e. The van der Waals surface area contributed by atoms with Gasteiger partial charge in [-0.15, -0.1) is 0 Å². The van der Waals surface area contributed by atoms with E-state index in [4.69, 9.17) is 4.42 Å². The zero-order chi connectivity index (χ0) is 44.3. The van der Waals surface area contributed by atoms with E-state index in [0.29, 0.717) is 0 Å². The lowest BCUT2D eigenvalue weighted by atomic mass is 9.93. The molecule has 0 aliphatic heterocycles. The third kappa shape index (κ3) is 6.51. The van der Waals surface area contributed by atoms with E-state index in [2.05, 4.69) is 252 Å². The summed E-state index contributed by atoms with van der Waals surface area (Å²) in [5.41, 5.74) is 17.6. The quantitative estimate of drug-likeness (QED) is 0.152. The van der Waals surface area contributed by atoms with Crippen LogP contribution in [0.15, 0.2) is 259 Å². The highest BCUT2D eigenvalue weighted by atomic mass is 16.3. The Bertz CT molecular complexity index is 3950. The molecule has 314 valence electrons. The first-order valence-electron chi connectivity index (χ1n) is 22.9. The number of rotatable bonds is 8. The number of para-hydroxylation sites is 6. The van der Waals surface area contributed by atoms with Crippen molar-refractivity contribution in [1.29, 1.82) is 0 Å². The van der Waals surface area contributed by atoms with Gasteiger partial charge in [-0.25, -0.2) is 0 Å². The first-order valence-corrected chi connectivity index (χ1v) is 22.9. The summed E-state index contributed by atoms with van der Waals surface area (Å²) in [7, 11) is 0. The molecule has 13 rings (SSSR count). The molecule has 2 heterocycles. The van der Waals surface area contributed by atoms with E-state index < -0.39 is 0 Å². The maximum absolute atomic E-state index is 6.57. The van der Waals surface area contributed by atoms with Crippen LogP contribution < -0.4 is 4.90 Å². The second-order valence-electron chi connectivity index (χ2n) is 17.2. The summed E-state index contributed by atoms with van der Waals surface area (Å²) in [6.45, 7) is 0. The van der Waals surface area contributed by atoms with Gasteiger partial charge in [0.2, 0.25) is 0 Å². The molecule has 0 bridgehead atoms. The zero-order valence-corrected chi connectivity index (χ0v) is 36.6. The van der Waals surface area contributed by atoms with Crippen LogP contribution in [-0.4, -0.2) is 4.57 Å². The fourth-order valence-electron chi connectivity index (χ4n) is 10.3. The molecule has 0 aliphatic rings.